The van der Waals surface area contributed by atoms with Gasteiger partial charge in [0.05, 0.1) is 10.9 Å². The van der Waals surface area contributed by atoms with Gasteiger partial charge in [0.25, 0.3) is 11.5 Å². The van der Waals surface area contributed by atoms with Crippen LogP contribution in [0, 0.1) is 0 Å². The second-order valence-electron chi connectivity index (χ2n) is 4.21. The van der Waals surface area contributed by atoms with Crippen LogP contribution >= 0.6 is 0 Å². The largest absolute Gasteiger partial charge is 0.347 e. The van der Waals surface area contributed by atoms with E-state index in [0.29, 0.717) is 10.9 Å². The number of carbonyl (C=O) groups is 1. The van der Waals surface area contributed by atoms with E-state index in [-0.39, 0.29) is 23.3 Å². The zero-order valence-corrected chi connectivity index (χ0v) is 10.4. The van der Waals surface area contributed by atoms with E-state index in [0.717, 1.165) is 6.42 Å². The zero-order valence-electron chi connectivity index (χ0n) is 10.4. The number of benzene rings is 1. The first-order valence-electron chi connectivity index (χ1n) is 5.91. The van der Waals surface area contributed by atoms with Gasteiger partial charge in [0.15, 0.2) is 5.82 Å². The molecular weight excluding hydrogens is 230 g/mol. The van der Waals surface area contributed by atoms with Crippen LogP contribution in [-0.2, 0) is 0 Å². The molecule has 0 aliphatic heterocycles. The van der Waals surface area contributed by atoms with Gasteiger partial charge in [0.2, 0.25) is 0 Å². The van der Waals surface area contributed by atoms with Gasteiger partial charge in [-0.05, 0) is 25.5 Å². The molecule has 1 amide bonds. The molecule has 1 aromatic carbocycles. The van der Waals surface area contributed by atoms with Gasteiger partial charge in [-0.25, -0.2) is 4.98 Å². The monoisotopic (exact) mass is 245 g/mol. The van der Waals surface area contributed by atoms with Crippen LogP contribution in [0.3, 0.4) is 0 Å². The summed E-state index contributed by atoms with van der Waals surface area (Å²) in [4.78, 5) is 30.3. The van der Waals surface area contributed by atoms with Gasteiger partial charge in [0.1, 0.15) is 0 Å². The van der Waals surface area contributed by atoms with Gasteiger partial charge in [-0.1, -0.05) is 19.1 Å². The predicted octanol–water partition coefficient (Wildman–Crippen LogP) is 1.45. The molecule has 2 rings (SSSR count). The van der Waals surface area contributed by atoms with Gasteiger partial charge < -0.3 is 10.3 Å². The number of nitrogens with zero attached hydrogens (tertiary/aromatic N) is 1. The maximum Gasteiger partial charge on any atom is 0.287 e. The Morgan fingerprint density at radius 1 is 1.44 bits per heavy atom. The molecule has 18 heavy (non-hydrogen) atoms. The number of aromatic nitrogens is 2. The maximum atomic E-state index is 11.9. The lowest BCUT2D eigenvalue weighted by atomic mass is 10.2. The number of hydrogen-bond donors (Lipinski definition) is 2. The maximum absolute atomic E-state index is 11.9. The Kier molecular flexibility index (Phi) is 3.41. The molecule has 1 aromatic heterocycles. The topological polar surface area (TPSA) is 74.8 Å². The normalized spacial score (nSPS) is 12.3. The summed E-state index contributed by atoms with van der Waals surface area (Å²) in [5, 5.41) is 3.25. The summed E-state index contributed by atoms with van der Waals surface area (Å²) in [6, 6.07) is 6.99. The van der Waals surface area contributed by atoms with Crippen molar-refractivity contribution in [1.29, 1.82) is 0 Å². The van der Waals surface area contributed by atoms with Crippen molar-refractivity contribution in [2.75, 3.05) is 0 Å². The van der Waals surface area contributed by atoms with Crippen LogP contribution in [0.2, 0.25) is 0 Å². The summed E-state index contributed by atoms with van der Waals surface area (Å²) >= 11 is 0. The Bertz CT molecular complexity index is 633. The SMILES string of the molecule is CC[C@@H](C)NC(=O)c1nc2ccccc2c(=O)[nH]1. The number of para-hydroxylation sites is 1. The van der Waals surface area contributed by atoms with Crippen molar-refractivity contribution >= 4 is 16.8 Å². The van der Waals surface area contributed by atoms with Crippen molar-refractivity contribution in [1.82, 2.24) is 15.3 Å². The van der Waals surface area contributed by atoms with Crippen LogP contribution in [0.4, 0.5) is 0 Å². The molecule has 5 heteroatoms. The number of H-pyrrole nitrogens is 1. The highest BCUT2D eigenvalue weighted by atomic mass is 16.2. The lowest BCUT2D eigenvalue weighted by molar-refractivity contribution is 0.0929. The Labute approximate surface area is 104 Å². The molecule has 0 bridgehead atoms. The average molecular weight is 245 g/mol. The van der Waals surface area contributed by atoms with E-state index in [1.54, 1.807) is 24.3 Å². The van der Waals surface area contributed by atoms with Crippen molar-refractivity contribution in [3.63, 3.8) is 0 Å². The zero-order chi connectivity index (χ0) is 13.1. The third-order valence-corrected chi connectivity index (χ3v) is 2.82. The minimum atomic E-state index is -0.354. The highest BCUT2D eigenvalue weighted by Crippen LogP contribution is 2.05. The highest BCUT2D eigenvalue weighted by Gasteiger charge is 2.12. The first-order chi connectivity index (χ1) is 8.61. The second-order valence-corrected chi connectivity index (χ2v) is 4.21. The first-order valence-corrected chi connectivity index (χ1v) is 5.91. The molecule has 94 valence electrons. The highest BCUT2D eigenvalue weighted by molar-refractivity contribution is 5.92. The number of carbonyl (C=O) groups excluding carboxylic acids is 1. The fourth-order valence-corrected chi connectivity index (χ4v) is 1.59. The fourth-order valence-electron chi connectivity index (χ4n) is 1.59. The minimum Gasteiger partial charge on any atom is -0.347 e. The van der Waals surface area contributed by atoms with Crippen molar-refractivity contribution in [3.8, 4) is 0 Å². The fraction of sp³-hybridized carbons (Fsp3) is 0.308. The Hall–Kier alpha value is -2.17. The molecule has 0 aliphatic carbocycles. The van der Waals surface area contributed by atoms with Crippen LogP contribution in [0.1, 0.15) is 30.9 Å². The molecule has 1 heterocycles. The summed E-state index contributed by atoms with van der Waals surface area (Å²) in [5.41, 5.74) is 0.227. The number of fused-ring (bicyclic) bond motifs is 1. The Morgan fingerprint density at radius 3 is 2.89 bits per heavy atom. The average Bonchev–Trinajstić information content (AvgIpc) is 2.38. The molecule has 1 atom stereocenters. The molecule has 2 N–H and O–H groups in total. The summed E-state index contributed by atoms with van der Waals surface area (Å²) < 4.78 is 0. The van der Waals surface area contributed by atoms with E-state index in [2.05, 4.69) is 15.3 Å². The Balaban J connectivity index is 2.41. The molecule has 0 aliphatic rings. The Morgan fingerprint density at radius 2 is 2.17 bits per heavy atom. The van der Waals surface area contributed by atoms with Crippen molar-refractivity contribution in [3.05, 3.63) is 40.4 Å². The molecule has 0 saturated heterocycles. The number of aromatic amines is 1. The molecule has 0 fully saturated rings. The van der Waals surface area contributed by atoms with E-state index in [4.69, 9.17) is 0 Å². The van der Waals surface area contributed by atoms with Crippen LogP contribution < -0.4 is 10.9 Å². The number of rotatable bonds is 3. The van der Waals surface area contributed by atoms with Gasteiger partial charge in [-0.15, -0.1) is 0 Å². The minimum absolute atomic E-state index is 0.0503. The second kappa shape index (κ2) is 5.00. The quantitative estimate of drug-likeness (QED) is 0.859. The van der Waals surface area contributed by atoms with Crippen LogP contribution in [0.5, 0.6) is 0 Å². The molecule has 0 unspecified atom stereocenters. The van der Waals surface area contributed by atoms with E-state index >= 15 is 0 Å². The molecule has 0 saturated carbocycles. The smallest absolute Gasteiger partial charge is 0.287 e. The summed E-state index contributed by atoms with van der Waals surface area (Å²) in [6.45, 7) is 3.87. The van der Waals surface area contributed by atoms with E-state index in [9.17, 15) is 9.59 Å². The third-order valence-electron chi connectivity index (χ3n) is 2.82. The summed E-state index contributed by atoms with van der Waals surface area (Å²) in [5.74, 6) is -0.300. The summed E-state index contributed by atoms with van der Waals surface area (Å²) in [7, 11) is 0. The van der Waals surface area contributed by atoms with Gasteiger partial charge in [0, 0.05) is 6.04 Å². The van der Waals surface area contributed by atoms with Gasteiger partial charge in [-0.3, -0.25) is 9.59 Å². The van der Waals surface area contributed by atoms with Gasteiger partial charge >= 0.3 is 0 Å². The van der Waals surface area contributed by atoms with E-state index in [1.807, 2.05) is 13.8 Å². The molecule has 0 radical (unpaired) electrons. The molecule has 2 aromatic rings. The van der Waals surface area contributed by atoms with Crippen molar-refractivity contribution in [2.24, 2.45) is 0 Å². The van der Waals surface area contributed by atoms with Crippen LogP contribution in [0.25, 0.3) is 10.9 Å². The van der Waals surface area contributed by atoms with Crippen LogP contribution in [-0.4, -0.2) is 21.9 Å². The van der Waals surface area contributed by atoms with Crippen LogP contribution in [0.15, 0.2) is 29.1 Å². The predicted molar refractivity (Wildman–Crippen MR) is 69.6 cm³/mol. The standard InChI is InChI=1S/C13H15N3O2/c1-3-8(2)14-13(18)11-15-10-7-5-4-6-9(10)12(17)16-11/h4-8H,3H2,1-2H3,(H,14,18)(H,15,16,17)/t8-/m1/s1. The summed E-state index contributed by atoms with van der Waals surface area (Å²) in [6.07, 6.45) is 0.823. The van der Waals surface area contributed by atoms with E-state index < -0.39 is 0 Å². The molecule has 0 spiro atoms. The van der Waals surface area contributed by atoms with Crippen molar-refractivity contribution < 1.29 is 4.79 Å². The van der Waals surface area contributed by atoms with E-state index in [1.165, 1.54) is 0 Å². The number of amides is 1. The lowest BCUT2D eigenvalue weighted by Crippen LogP contribution is -2.34. The lowest BCUT2D eigenvalue weighted by Gasteiger charge is -2.10. The first kappa shape index (κ1) is 12.3. The molecule has 5 nitrogen and oxygen atoms in total. The third kappa shape index (κ3) is 2.40. The van der Waals surface area contributed by atoms with Crippen molar-refractivity contribution in [2.45, 2.75) is 26.3 Å². The number of hydrogen-bond acceptors (Lipinski definition) is 3. The number of nitrogens with one attached hydrogen (secondary N) is 2. The molecular formula is C13H15N3O2. The van der Waals surface area contributed by atoms with Gasteiger partial charge in [-0.2, -0.15) is 0 Å².